The van der Waals surface area contributed by atoms with Gasteiger partial charge in [-0.05, 0) is 285 Å². The minimum Gasteiger partial charge on any atom is -0.0946 e. The minimum atomic E-state index is 0.315. The van der Waals surface area contributed by atoms with Crippen molar-refractivity contribution in [2.45, 2.75) is 113 Å². The van der Waals surface area contributed by atoms with Crippen molar-refractivity contribution in [3.63, 3.8) is 0 Å². The van der Waals surface area contributed by atoms with Crippen LogP contribution in [0.2, 0.25) is 0 Å². The number of hydrogen-bond acceptors (Lipinski definition) is 0. The number of aryl methyl sites for hydroxylation is 8. The summed E-state index contributed by atoms with van der Waals surface area (Å²) in [5, 5.41) is 0. The van der Waals surface area contributed by atoms with Gasteiger partial charge in [-0.25, -0.2) is 0 Å². The zero-order chi connectivity index (χ0) is 60.2. The fourth-order valence-electron chi connectivity index (χ4n) is 18.7. The molecule has 14 bridgehead atoms. The van der Waals surface area contributed by atoms with Crippen molar-refractivity contribution in [1.82, 2.24) is 0 Å². The van der Waals surface area contributed by atoms with Gasteiger partial charge >= 0.3 is 0 Å². The van der Waals surface area contributed by atoms with Crippen LogP contribution in [0.1, 0.15) is 169 Å². The molecule has 0 atom stereocenters. The molecule has 17 aliphatic rings. The van der Waals surface area contributed by atoms with Crippen molar-refractivity contribution in [3.05, 3.63) is 392 Å². The van der Waals surface area contributed by atoms with Crippen LogP contribution in [-0.4, -0.2) is 0 Å². The second kappa shape index (κ2) is 21.9. The van der Waals surface area contributed by atoms with E-state index in [0.717, 1.165) is 77.0 Å². The number of hydrogen-bond donors (Lipinski definition) is 0. The smallest absolute Gasteiger partial charge is 0.0352 e. The molecule has 438 valence electrons. The molecule has 0 N–H and O–H groups in total. The number of benzene rings is 10. The summed E-state index contributed by atoms with van der Waals surface area (Å²) in [4.78, 5) is 0. The first kappa shape index (κ1) is 55.9. The summed E-state index contributed by atoms with van der Waals surface area (Å²) in [6, 6.07) is 74.1. The van der Waals surface area contributed by atoms with Crippen molar-refractivity contribution < 1.29 is 0 Å². The molecule has 27 rings (SSSR count). The summed E-state index contributed by atoms with van der Waals surface area (Å²) in [6.45, 7) is 8.55. The molecule has 0 aliphatic heterocycles. The largest absolute Gasteiger partial charge is 0.0946 e. The van der Waals surface area contributed by atoms with E-state index in [0.29, 0.717) is 35.5 Å². The lowest BCUT2D eigenvalue weighted by Gasteiger charge is -2.47. The average Bonchev–Trinajstić information content (AvgIpc) is 0.717. The molecular weight excluding hydrogens is 1350 g/mol. The summed E-state index contributed by atoms with van der Waals surface area (Å²) < 4.78 is 4.83. The van der Waals surface area contributed by atoms with E-state index in [-0.39, 0.29) is 0 Å². The van der Waals surface area contributed by atoms with E-state index in [9.17, 15) is 0 Å². The molecule has 10 aromatic rings. The van der Waals surface area contributed by atoms with Crippen molar-refractivity contribution in [2.24, 2.45) is 0 Å². The molecule has 0 spiro atoms. The Morgan fingerprint density at radius 2 is 0.367 bits per heavy atom. The van der Waals surface area contributed by atoms with Crippen molar-refractivity contribution in [3.8, 4) is 0 Å². The SMILES string of the molecule is Brc1c2ccc(c1Br)CCc1ccc(c(Br)c1Br)CC2.C=C1C(=C)C2c3ccccc3C1c1ccccc12.c1ccc2c(c1)C1C3=C(Cc4c5ccc(c4C3)CCc3ccc(c4c3CC3=C(C4)C4c6ccccc6C3c3ccccc34)CC5)C2c2ccccc21. The molecule has 0 heterocycles. The Morgan fingerprint density at radius 3 is 0.556 bits per heavy atom. The van der Waals surface area contributed by atoms with Gasteiger partial charge in [0.25, 0.3) is 0 Å². The molecule has 0 nitrogen and oxygen atoms in total. The molecule has 0 saturated heterocycles. The van der Waals surface area contributed by atoms with Crippen LogP contribution in [0.4, 0.5) is 0 Å². The normalized spacial score (nSPS) is 21.4. The third-order valence-corrected chi connectivity index (χ3v) is 27.6. The van der Waals surface area contributed by atoms with E-state index in [4.69, 9.17) is 0 Å². The van der Waals surface area contributed by atoms with Gasteiger partial charge in [-0.2, -0.15) is 0 Å². The maximum Gasteiger partial charge on any atom is 0.0352 e. The molecule has 0 fully saturated rings. The predicted octanol–water partition coefficient (Wildman–Crippen LogP) is 22.0. The molecule has 0 saturated carbocycles. The number of halogens is 4. The topological polar surface area (TPSA) is 0 Å². The van der Waals surface area contributed by atoms with Gasteiger partial charge in [0.1, 0.15) is 0 Å². The van der Waals surface area contributed by atoms with Crippen molar-refractivity contribution in [1.29, 1.82) is 0 Å². The lowest BCUT2D eigenvalue weighted by molar-refractivity contribution is 0.662. The summed E-state index contributed by atoms with van der Waals surface area (Å²) in [5.41, 5.74) is 45.9. The molecule has 0 amide bonds. The highest BCUT2D eigenvalue weighted by Gasteiger charge is 2.47. The Balaban J connectivity index is 0.000000129. The molecule has 17 aliphatic carbocycles. The van der Waals surface area contributed by atoms with E-state index >= 15 is 0 Å². The molecule has 90 heavy (non-hydrogen) atoms. The van der Waals surface area contributed by atoms with Crippen LogP contribution >= 0.6 is 63.7 Å². The first-order chi connectivity index (χ1) is 44.2. The lowest BCUT2D eigenvalue weighted by Crippen LogP contribution is -2.33. The number of fused-ring (bicyclic) bond motifs is 5. The Bertz CT molecular complexity index is 4190. The molecule has 0 radical (unpaired) electrons. The third-order valence-electron chi connectivity index (χ3n) is 22.9. The van der Waals surface area contributed by atoms with E-state index in [2.05, 4.69) is 271 Å². The van der Waals surface area contributed by atoms with Crippen LogP contribution in [0.3, 0.4) is 0 Å². The fraction of sp³-hybridized carbons (Fsp3) is 0.209. The highest BCUT2D eigenvalue weighted by molar-refractivity contribution is 9.13. The number of rotatable bonds is 0. The van der Waals surface area contributed by atoms with E-state index in [1.807, 2.05) is 0 Å². The Hall–Kier alpha value is -6.92. The van der Waals surface area contributed by atoms with Gasteiger partial charge in [0.2, 0.25) is 0 Å². The van der Waals surface area contributed by atoms with Gasteiger partial charge in [-0.3, -0.25) is 0 Å². The fourth-order valence-corrected chi connectivity index (χ4v) is 21.1. The number of allylic oxidation sites excluding steroid dienone is 6. The van der Waals surface area contributed by atoms with Gasteiger partial charge in [0.05, 0.1) is 0 Å². The highest BCUT2D eigenvalue weighted by Crippen LogP contribution is 2.62. The van der Waals surface area contributed by atoms with Gasteiger partial charge in [0.15, 0.2) is 0 Å². The Labute approximate surface area is 563 Å². The predicted molar refractivity (Wildman–Crippen MR) is 383 cm³/mol. The standard InChI is InChI=1S/C52H40.C18H14.C16H12Br4/c1-2-10-34-33(9-1)49-35-11-3-4-12-36(35)50(34)46-26-42-30-18-17-29(41(42)25-45(46)49)21-22-31-19-20-32(24-23-30)44-28-48-47(27-43(31)44)51-37-13-5-7-15-39(37)52(48)40-16-8-6-14-38(40)51;1-11-12(2)18-15-9-5-3-7-13(15)17(11)14-8-4-6-10-16(14)18;17-13-9-1-2-10(14(13)18)7-8-12-4-3-11(6-5-9)15(19)16(12)20/h1-20,49-52H,21-28H2;3-10,17-18H,1-2H2;1-4H,5-8H2. The highest BCUT2D eigenvalue weighted by atomic mass is 79.9. The summed E-state index contributed by atoms with van der Waals surface area (Å²) >= 11 is 14.9. The quantitative estimate of drug-likeness (QED) is 0.133. The molecule has 10 aromatic carbocycles. The zero-order valence-electron chi connectivity index (χ0n) is 50.4. The van der Waals surface area contributed by atoms with E-state index in [1.54, 1.807) is 111 Å². The summed E-state index contributed by atoms with van der Waals surface area (Å²) in [6.07, 6.45) is 13.1. The van der Waals surface area contributed by atoms with Crippen LogP contribution in [0, 0.1) is 0 Å². The van der Waals surface area contributed by atoms with Crippen molar-refractivity contribution >= 4 is 63.7 Å². The van der Waals surface area contributed by atoms with Crippen LogP contribution in [-0.2, 0) is 77.0 Å². The second-order valence-corrected chi connectivity index (χ2v) is 30.1. The van der Waals surface area contributed by atoms with Gasteiger partial charge in [0, 0.05) is 53.4 Å². The maximum absolute atomic E-state index is 4.28. The van der Waals surface area contributed by atoms with Crippen LogP contribution in [0.15, 0.2) is 259 Å². The van der Waals surface area contributed by atoms with Crippen LogP contribution in [0.25, 0.3) is 0 Å². The summed E-state index contributed by atoms with van der Waals surface area (Å²) in [7, 11) is 0. The van der Waals surface area contributed by atoms with Crippen LogP contribution in [0.5, 0.6) is 0 Å². The first-order valence-electron chi connectivity index (χ1n) is 32.7. The average molecular weight is 1420 g/mol. The van der Waals surface area contributed by atoms with Gasteiger partial charge in [-0.15, -0.1) is 0 Å². The molecular formula is C86H66Br4. The maximum atomic E-state index is 4.28. The third kappa shape index (κ3) is 8.52. The summed E-state index contributed by atoms with van der Waals surface area (Å²) in [5.74, 6) is 2.23. The van der Waals surface area contributed by atoms with E-state index < -0.39 is 0 Å². The monoisotopic (exact) mass is 1410 g/mol. The van der Waals surface area contributed by atoms with E-state index in [1.165, 1.54) is 73.5 Å². The minimum absolute atomic E-state index is 0.315. The Kier molecular flexibility index (Phi) is 13.6. The second-order valence-electron chi connectivity index (χ2n) is 26.9. The molecule has 4 heteroatoms. The molecule has 0 unspecified atom stereocenters. The lowest BCUT2D eigenvalue weighted by atomic mass is 9.57. The Morgan fingerprint density at radius 1 is 0.211 bits per heavy atom. The molecule has 0 aromatic heterocycles. The van der Waals surface area contributed by atoms with Crippen LogP contribution < -0.4 is 0 Å². The van der Waals surface area contributed by atoms with Crippen molar-refractivity contribution in [2.75, 3.05) is 0 Å². The van der Waals surface area contributed by atoms with Gasteiger partial charge < -0.3 is 0 Å². The zero-order valence-corrected chi connectivity index (χ0v) is 56.7. The van der Waals surface area contributed by atoms with Gasteiger partial charge in [-0.1, -0.05) is 230 Å². The first-order valence-corrected chi connectivity index (χ1v) is 35.8.